The molecule has 2 unspecified atom stereocenters. The van der Waals surface area contributed by atoms with E-state index in [9.17, 15) is 0 Å². The molecule has 0 bridgehead atoms. The molecule has 0 spiro atoms. The number of rotatable bonds is 5. The van der Waals surface area contributed by atoms with Crippen molar-refractivity contribution in [2.45, 2.75) is 85.6 Å². The fourth-order valence-corrected chi connectivity index (χ4v) is 4.54. The van der Waals surface area contributed by atoms with Crippen molar-refractivity contribution in [1.29, 1.82) is 0 Å². The first-order valence-corrected chi connectivity index (χ1v) is 9.31. The molecule has 0 aliphatic heterocycles. The summed E-state index contributed by atoms with van der Waals surface area (Å²) in [5.74, 6) is 2.60. The zero-order chi connectivity index (χ0) is 15.5. The lowest BCUT2D eigenvalue weighted by atomic mass is 9.69. The Bertz CT molecular complexity index is 347. The van der Waals surface area contributed by atoms with E-state index in [1.807, 2.05) is 0 Å². The lowest BCUT2D eigenvalue weighted by Crippen LogP contribution is -2.39. The van der Waals surface area contributed by atoms with Crippen LogP contribution in [0.4, 0.5) is 0 Å². The predicted molar refractivity (Wildman–Crippen MR) is 93.5 cm³/mol. The van der Waals surface area contributed by atoms with Crippen LogP contribution in [0.5, 0.6) is 0 Å². The Morgan fingerprint density at radius 1 is 1.19 bits per heavy atom. The normalized spacial score (nSPS) is 34.6. The molecule has 2 aliphatic rings. The van der Waals surface area contributed by atoms with Crippen LogP contribution in [0.1, 0.15) is 79.6 Å². The summed E-state index contributed by atoms with van der Waals surface area (Å²) in [5, 5.41) is 3.90. The van der Waals surface area contributed by atoms with Gasteiger partial charge in [-0.1, -0.05) is 45.8 Å². The number of hydrogen-bond donors (Lipinski definition) is 1. The molecule has 1 saturated carbocycles. The minimum absolute atomic E-state index is 0.547. The Hall–Kier alpha value is -0.300. The van der Waals surface area contributed by atoms with Crippen molar-refractivity contribution in [2.24, 2.45) is 23.2 Å². The molecule has 1 fully saturated rings. The summed E-state index contributed by atoms with van der Waals surface area (Å²) in [6.45, 7) is 13.2. The molecule has 1 nitrogen and oxygen atoms in total. The molecule has 122 valence electrons. The summed E-state index contributed by atoms with van der Waals surface area (Å²) >= 11 is 0. The van der Waals surface area contributed by atoms with E-state index in [-0.39, 0.29) is 0 Å². The van der Waals surface area contributed by atoms with Gasteiger partial charge in [-0.25, -0.2) is 0 Å². The van der Waals surface area contributed by atoms with Crippen LogP contribution in [-0.2, 0) is 0 Å². The fourth-order valence-electron chi connectivity index (χ4n) is 4.54. The monoisotopic (exact) mass is 291 g/mol. The van der Waals surface area contributed by atoms with E-state index in [1.54, 1.807) is 5.57 Å². The molecule has 1 heteroatoms. The molecule has 1 N–H and O–H groups in total. The second kappa shape index (κ2) is 7.31. The number of allylic oxidation sites excluding steroid dienone is 2. The van der Waals surface area contributed by atoms with Crippen molar-refractivity contribution in [3.8, 4) is 0 Å². The molecule has 2 aliphatic carbocycles. The van der Waals surface area contributed by atoms with Gasteiger partial charge in [-0.2, -0.15) is 0 Å². The molecule has 2 rings (SSSR count). The van der Waals surface area contributed by atoms with Gasteiger partial charge in [0.2, 0.25) is 0 Å². The van der Waals surface area contributed by atoms with Crippen LogP contribution in [0.15, 0.2) is 11.6 Å². The number of hydrogen-bond acceptors (Lipinski definition) is 1. The molecule has 0 amide bonds. The third-order valence-corrected chi connectivity index (χ3v) is 6.32. The van der Waals surface area contributed by atoms with Crippen LogP contribution < -0.4 is 5.32 Å². The first-order valence-electron chi connectivity index (χ1n) is 9.31. The first-order chi connectivity index (χ1) is 9.90. The van der Waals surface area contributed by atoms with E-state index in [4.69, 9.17) is 0 Å². The summed E-state index contributed by atoms with van der Waals surface area (Å²) in [4.78, 5) is 0. The lowest BCUT2D eigenvalue weighted by Gasteiger charge is -2.39. The van der Waals surface area contributed by atoms with E-state index < -0.39 is 0 Å². The van der Waals surface area contributed by atoms with Gasteiger partial charge in [0.05, 0.1) is 0 Å². The van der Waals surface area contributed by atoms with Crippen molar-refractivity contribution in [1.82, 2.24) is 5.32 Å². The van der Waals surface area contributed by atoms with Gasteiger partial charge in [-0.05, 0) is 75.2 Å². The average molecular weight is 292 g/mol. The molecule has 2 atom stereocenters. The molecule has 0 aromatic rings. The predicted octanol–water partition coefficient (Wildman–Crippen LogP) is 5.56. The minimum atomic E-state index is 0.547. The van der Waals surface area contributed by atoms with Crippen LogP contribution in [0.25, 0.3) is 0 Å². The van der Waals surface area contributed by atoms with Crippen LogP contribution in [-0.4, -0.2) is 12.6 Å². The van der Waals surface area contributed by atoms with E-state index in [0.29, 0.717) is 5.41 Å². The Morgan fingerprint density at radius 3 is 2.43 bits per heavy atom. The van der Waals surface area contributed by atoms with Crippen molar-refractivity contribution in [2.75, 3.05) is 6.54 Å². The summed E-state index contributed by atoms with van der Waals surface area (Å²) in [7, 11) is 0. The van der Waals surface area contributed by atoms with E-state index in [2.05, 4.69) is 46.0 Å². The molecule has 0 saturated heterocycles. The van der Waals surface area contributed by atoms with Crippen molar-refractivity contribution < 1.29 is 0 Å². The third kappa shape index (κ3) is 4.84. The van der Waals surface area contributed by atoms with Crippen molar-refractivity contribution >= 4 is 0 Å². The molecule has 0 heterocycles. The van der Waals surface area contributed by atoms with E-state index >= 15 is 0 Å². The summed E-state index contributed by atoms with van der Waals surface area (Å²) in [5.41, 5.74) is 2.15. The molecular formula is C20H37N. The van der Waals surface area contributed by atoms with Crippen LogP contribution in [0.3, 0.4) is 0 Å². The topological polar surface area (TPSA) is 12.0 Å². The average Bonchev–Trinajstić information content (AvgIpc) is 2.44. The molecular weight excluding hydrogens is 254 g/mol. The van der Waals surface area contributed by atoms with Crippen LogP contribution >= 0.6 is 0 Å². The fraction of sp³-hybridized carbons (Fsp3) is 0.900. The Kier molecular flexibility index (Phi) is 5.94. The second-order valence-corrected chi connectivity index (χ2v) is 8.60. The van der Waals surface area contributed by atoms with Crippen LogP contribution in [0.2, 0.25) is 0 Å². The lowest BCUT2D eigenvalue weighted by molar-refractivity contribution is 0.135. The highest BCUT2D eigenvalue weighted by Crippen LogP contribution is 2.40. The van der Waals surface area contributed by atoms with E-state index in [0.717, 1.165) is 23.8 Å². The first kappa shape index (κ1) is 17.1. The maximum atomic E-state index is 3.90. The second-order valence-electron chi connectivity index (χ2n) is 8.60. The minimum Gasteiger partial charge on any atom is -0.314 e. The quantitative estimate of drug-likeness (QED) is 0.654. The van der Waals surface area contributed by atoms with Gasteiger partial charge in [-0.15, -0.1) is 0 Å². The van der Waals surface area contributed by atoms with Gasteiger partial charge in [0.25, 0.3) is 0 Å². The van der Waals surface area contributed by atoms with Gasteiger partial charge in [0, 0.05) is 6.04 Å². The van der Waals surface area contributed by atoms with Gasteiger partial charge in [0.1, 0.15) is 0 Å². The molecule has 0 aromatic carbocycles. The highest BCUT2D eigenvalue weighted by atomic mass is 14.9. The largest absolute Gasteiger partial charge is 0.314 e. The number of nitrogens with one attached hydrogen (secondary N) is 1. The molecule has 21 heavy (non-hydrogen) atoms. The molecule has 0 radical (unpaired) electrons. The summed E-state index contributed by atoms with van der Waals surface area (Å²) in [6.07, 6.45) is 12.1. The van der Waals surface area contributed by atoms with Gasteiger partial charge in [-0.3, -0.25) is 0 Å². The van der Waals surface area contributed by atoms with Gasteiger partial charge in [0.15, 0.2) is 0 Å². The summed E-state index contributed by atoms with van der Waals surface area (Å²) < 4.78 is 0. The summed E-state index contributed by atoms with van der Waals surface area (Å²) in [6, 6.07) is 0.787. The smallest absolute Gasteiger partial charge is 0.00673 e. The van der Waals surface area contributed by atoms with Crippen molar-refractivity contribution in [3.05, 3.63) is 11.6 Å². The highest BCUT2D eigenvalue weighted by molar-refractivity contribution is 5.06. The highest BCUT2D eigenvalue weighted by Gasteiger charge is 2.31. The third-order valence-electron chi connectivity index (χ3n) is 6.32. The van der Waals surface area contributed by atoms with Crippen molar-refractivity contribution in [3.63, 3.8) is 0 Å². The molecule has 0 aromatic heterocycles. The standard InChI is InChI=1S/C20H37N/c1-6-20(4,5)18-7-9-19(10-8-18)21-14-17-12-15(2)11-16(3)13-17/h11,15,17-19,21H,6-10,12-14H2,1-5H3. The zero-order valence-electron chi connectivity index (χ0n) is 15.0. The Morgan fingerprint density at radius 2 is 1.86 bits per heavy atom. The SMILES string of the molecule is CCC(C)(C)C1CCC(NCC2CC(C)=CC(C)C2)CC1. The Balaban J connectivity index is 1.71. The Labute approximate surface area is 133 Å². The van der Waals surface area contributed by atoms with Gasteiger partial charge < -0.3 is 5.32 Å². The van der Waals surface area contributed by atoms with Gasteiger partial charge >= 0.3 is 0 Å². The van der Waals surface area contributed by atoms with Crippen LogP contribution in [0, 0.1) is 23.2 Å². The maximum absolute atomic E-state index is 3.90. The maximum Gasteiger partial charge on any atom is 0.00673 e. The zero-order valence-corrected chi connectivity index (χ0v) is 15.0. The van der Waals surface area contributed by atoms with E-state index in [1.165, 1.54) is 51.5 Å².